The molecule has 0 aliphatic carbocycles. The first kappa shape index (κ1) is 21.3. The SMILES string of the molecule is O=C(Nc1nc(C2CCCN2CC(=O)N2CCc3ccccc32)cs1)c1ccc(Br)cc1. The molecule has 0 saturated carbocycles. The van der Waals surface area contributed by atoms with E-state index < -0.39 is 0 Å². The lowest BCUT2D eigenvalue weighted by Crippen LogP contribution is -2.39. The molecule has 1 aromatic heterocycles. The number of aromatic nitrogens is 1. The summed E-state index contributed by atoms with van der Waals surface area (Å²) in [5.74, 6) is -0.0367. The van der Waals surface area contributed by atoms with Crippen molar-refractivity contribution in [1.82, 2.24) is 9.88 Å². The normalized spacial score (nSPS) is 18.0. The van der Waals surface area contributed by atoms with Gasteiger partial charge in [0.15, 0.2) is 5.13 Å². The van der Waals surface area contributed by atoms with Crippen molar-refractivity contribution in [1.29, 1.82) is 0 Å². The molecule has 32 heavy (non-hydrogen) atoms. The Balaban J connectivity index is 1.24. The molecule has 2 aliphatic rings. The minimum atomic E-state index is -0.176. The fourth-order valence-corrected chi connectivity index (χ4v) is 5.49. The highest BCUT2D eigenvalue weighted by Gasteiger charge is 2.32. The minimum Gasteiger partial charge on any atom is -0.311 e. The second-order valence-corrected chi connectivity index (χ2v) is 9.86. The van der Waals surface area contributed by atoms with E-state index in [1.807, 2.05) is 40.6 Å². The van der Waals surface area contributed by atoms with Crippen LogP contribution in [0.2, 0.25) is 0 Å². The Hall–Kier alpha value is -2.55. The van der Waals surface area contributed by atoms with Crippen molar-refractivity contribution in [3.63, 3.8) is 0 Å². The fourth-order valence-electron chi connectivity index (χ4n) is 4.47. The highest BCUT2D eigenvalue weighted by Crippen LogP contribution is 2.34. The fraction of sp³-hybridized carbons (Fsp3) is 0.292. The van der Waals surface area contributed by atoms with Gasteiger partial charge in [-0.2, -0.15) is 0 Å². The second-order valence-electron chi connectivity index (χ2n) is 8.09. The third-order valence-electron chi connectivity index (χ3n) is 6.08. The molecule has 164 valence electrons. The van der Waals surface area contributed by atoms with E-state index in [0.717, 1.165) is 48.2 Å². The topological polar surface area (TPSA) is 65.5 Å². The number of hydrogen-bond donors (Lipinski definition) is 1. The van der Waals surface area contributed by atoms with Crippen LogP contribution in [0.15, 0.2) is 58.4 Å². The van der Waals surface area contributed by atoms with Crippen molar-refractivity contribution < 1.29 is 9.59 Å². The van der Waals surface area contributed by atoms with Gasteiger partial charge in [0.05, 0.1) is 18.3 Å². The third kappa shape index (κ3) is 4.35. The maximum atomic E-state index is 13.1. The molecule has 0 radical (unpaired) electrons. The van der Waals surface area contributed by atoms with E-state index in [1.54, 1.807) is 12.1 Å². The number of rotatable bonds is 5. The van der Waals surface area contributed by atoms with Gasteiger partial charge < -0.3 is 4.90 Å². The van der Waals surface area contributed by atoms with Crippen LogP contribution in [-0.2, 0) is 11.2 Å². The van der Waals surface area contributed by atoms with E-state index in [1.165, 1.54) is 16.9 Å². The van der Waals surface area contributed by atoms with Crippen molar-refractivity contribution in [2.24, 2.45) is 0 Å². The van der Waals surface area contributed by atoms with Crippen LogP contribution < -0.4 is 10.2 Å². The molecule has 2 aromatic carbocycles. The van der Waals surface area contributed by atoms with Gasteiger partial charge in [0.1, 0.15) is 0 Å². The van der Waals surface area contributed by atoms with Crippen LogP contribution in [0.3, 0.4) is 0 Å². The Morgan fingerprint density at radius 2 is 1.94 bits per heavy atom. The third-order valence-corrected chi connectivity index (χ3v) is 7.39. The predicted molar refractivity (Wildman–Crippen MR) is 130 cm³/mol. The standard InChI is InChI=1S/C24H23BrN4O2S/c25-18-9-7-17(8-10-18)23(31)27-24-26-19(15-32-24)21-6-3-12-28(21)14-22(30)29-13-11-16-4-1-2-5-20(16)29/h1-2,4-5,7-10,15,21H,3,6,11-14H2,(H,26,27,31). The summed E-state index contributed by atoms with van der Waals surface area (Å²) in [6.07, 6.45) is 2.92. The number of amides is 2. The number of carbonyl (C=O) groups excluding carboxylic acids is 2. The molecule has 1 fully saturated rings. The van der Waals surface area contributed by atoms with E-state index in [-0.39, 0.29) is 17.9 Å². The zero-order chi connectivity index (χ0) is 22.1. The predicted octanol–water partition coefficient (Wildman–Crippen LogP) is 4.88. The van der Waals surface area contributed by atoms with Crippen molar-refractivity contribution in [3.05, 3.63) is 75.2 Å². The number of hydrogen-bond acceptors (Lipinski definition) is 5. The molecule has 1 saturated heterocycles. The number of fused-ring (bicyclic) bond motifs is 1. The number of likely N-dealkylation sites (tertiary alicyclic amines) is 1. The van der Waals surface area contributed by atoms with Crippen molar-refractivity contribution in [2.75, 3.05) is 29.9 Å². The molecular formula is C24H23BrN4O2S. The summed E-state index contributed by atoms with van der Waals surface area (Å²) in [5.41, 5.74) is 3.79. The lowest BCUT2D eigenvalue weighted by molar-refractivity contribution is -0.119. The monoisotopic (exact) mass is 510 g/mol. The average molecular weight is 511 g/mol. The zero-order valence-corrected chi connectivity index (χ0v) is 19.9. The van der Waals surface area contributed by atoms with Crippen LogP contribution >= 0.6 is 27.3 Å². The number of anilines is 2. The number of para-hydroxylation sites is 1. The van der Waals surface area contributed by atoms with Gasteiger partial charge in [0.2, 0.25) is 5.91 Å². The largest absolute Gasteiger partial charge is 0.311 e. The molecule has 8 heteroatoms. The van der Waals surface area contributed by atoms with Crippen LogP contribution in [0.25, 0.3) is 0 Å². The average Bonchev–Trinajstić information content (AvgIpc) is 3.53. The van der Waals surface area contributed by atoms with Crippen molar-refractivity contribution >= 4 is 49.9 Å². The molecule has 0 bridgehead atoms. The van der Waals surface area contributed by atoms with Gasteiger partial charge in [0.25, 0.3) is 5.91 Å². The van der Waals surface area contributed by atoms with E-state index in [2.05, 4.69) is 37.2 Å². The Morgan fingerprint density at radius 3 is 2.78 bits per heavy atom. The van der Waals surface area contributed by atoms with E-state index in [4.69, 9.17) is 0 Å². The van der Waals surface area contributed by atoms with Crippen LogP contribution in [-0.4, -0.2) is 41.3 Å². The Kier molecular flexibility index (Phi) is 6.08. The number of nitrogens with zero attached hydrogens (tertiary/aromatic N) is 3. The van der Waals surface area contributed by atoms with Gasteiger partial charge in [-0.1, -0.05) is 34.1 Å². The summed E-state index contributed by atoms with van der Waals surface area (Å²) in [6, 6.07) is 15.5. The summed E-state index contributed by atoms with van der Waals surface area (Å²) in [6.45, 7) is 2.01. The molecule has 5 rings (SSSR count). The van der Waals surface area contributed by atoms with Crippen LogP contribution in [0.5, 0.6) is 0 Å². The first-order valence-corrected chi connectivity index (χ1v) is 12.4. The number of nitrogens with one attached hydrogen (secondary N) is 1. The van der Waals surface area contributed by atoms with Gasteiger partial charge >= 0.3 is 0 Å². The molecule has 1 atom stereocenters. The van der Waals surface area contributed by atoms with Gasteiger partial charge in [0, 0.05) is 27.6 Å². The molecule has 1 unspecified atom stereocenters. The van der Waals surface area contributed by atoms with Gasteiger partial charge in [-0.3, -0.25) is 19.8 Å². The number of thiazole rings is 1. The molecular weight excluding hydrogens is 488 g/mol. The summed E-state index contributed by atoms with van der Waals surface area (Å²) in [4.78, 5) is 34.4. The summed E-state index contributed by atoms with van der Waals surface area (Å²) < 4.78 is 0.930. The molecule has 2 aliphatic heterocycles. The van der Waals surface area contributed by atoms with Crippen LogP contribution in [0.1, 0.15) is 40.5 Å². The molecule has 3 aromatic rings. The highest BCUT2D eigenvalue weighted by molar-refractivity contribution is 9.10. The molecule has 6 nitrogen and oxygen atoms in total. The second kappa shape index (κ2) is 9.13. The Morgan fingerprint density at radius 1 is 1.12 bits per heavy atom. The van der Waals surface area contributed by atoms with E-state index in [0.29, 0.717) is 17.2 Å². The summed E-state index contributed by atoms with van der Waals surface area (Å²) in [7, 11) is 0. The Bertz CT molecular complexity index is 1150. The summed E-state index contributed by atoms with van der Waals surface area (Å²) >= 11 is 4.81. The van der Waals surface area contributed by atoms with Crippen molar-refractivity contribution in [2.45, 2.75) is 25.3 Å². The molecule has 1 N–H and O–H groups in total. The quantitative estimate of drug-likeness (QED) is 0.530. The van der Waals surface area contributed by atoms with Gasteiger partial charge in [-0.15, -0.1) is 11.3 Å². The van der Waals surface area contributed by atoms with Crippen LogP contribution in [0.4, 0.5) is 10.8 Å². The molecule has 0 spiro atoms. The maximum Gasteiger partial charge on any atom is 0.257 e. The maximum absolute atomic E-state index is 13.1. The number of benzene rings is 2. The first-order chi connectivity index (χ1) is 15.6. The highest BCUT2D eigenvalue weighted by atomic mass is 79.9. The summed E-state index contributed by atoms with van der Waals surface area (Å²) in [5, 5.41) is 5.47. The smallest absolute Gasteiger partial charge is 0.257 e. The number of carbonyl (C=O) groups is 2. The van der Waals surface area contributed by atoms with Gasteiger partial charge in [-0.25, -0.2) is 4.98 Å². The van der Waals surface area contributed by atoms with Gasteiger partial charge in [-0.05, 0) is 61.7 Å². The van der Waals surface area contributed by atoms with E-state index in [9.17, 15) is 9.59 Å². The zero-order valence-electron chi connectivity index (χ0n) is 17.5. The first-order valence-electron chi connectivity index (χ1n) is 10.7. The lowest BCUT2D eigenvalue weighted by atomic mass is 10.1. The molecule has 3 heterocycles. The van der Waals surface area contributed by atoms with Crippen molar-refractivity contribution in [3.8, 4) is 0 Å². The molecule has 2 amide bonds. The van der Waals surface area contributed by atoms with E-state index >= 15 is 0 Å². The van der Waals surface area contributed by atoms with Crippen LogP contribution in [0, 0.1) is 0 Å². The lowest BCUT2D eigenvalue weighted by Gasteiger charge is -2.25. The Labute approximate surface area is 199 Å². The minimum absolute atomic E-state index is 0.103. The number of halogens is 1.